The summed E-state index contributed by atoms with van der Waals surface area (Å²) in [5.41, 5.74) is 4.75. The monoisotopic (exact) mass is 215 g/mol. The van der Waals surface area contributed by atoms with E-state index in [4.69, 9.17) is 10.5 Å². The zero-order valence-corrected chi connectivity index (χ0v) is 8.84. The van der Waals surface area contributed by atoms with E-state index in [0.29, 0.717) is 5.75 Å². The summed E-state index contributed by atoms with van der Waals surface area (Å²) in [7, 11) is 1.54. The van der Waals surface area contributed by atoms with Crippen LogP contribution < -0.4 is 10.5 Å². The standard InChI is InChI=1S/C11H15F2NO/c1-11(14,10(12)13)7-8-4-3-5-9(6-8)15-2/h3-6,10H,7,14H2,1-2H3. The SMILES string of the molecule is COc1cccc(CC(C)(N)C(F)F)c1. The van der Waals surface area contributed by atoms with E-state index in [1.165, 1.54) is 14.0 Å². The molecule has 0 aliphatic rings. The fraction of sp³-hybridized carbons (Fsp3) is 0.455. The van der Waals surface area contributed by atoms with Crippen LogP contribution in [0.5, 0.6) is 5.75 Å². The van der Waals surface area contributed by atoms with Gasteiger partial charge in [-0.2, -0.15) is 0 Å². The van der Waals surface area contributed by atoms with Crippen LogP contribution in [0.25, 0.3) is 0 Å². The normalized spacial score (nSPS) is 15.1. The van der Waals surface area contributed by atoms with Crippen molar-refractivity contribution >= 4 is 0 Å². The molecule has 0 saturated heterocycles. The van der Waals surface area contributed by atoms with Gasteiger partial charge in [-0.05, 0) is 31.0 Å². The van der Waals surface area contributed by atoms with Gasteiger partial charge in [0.25, 0.3) is 6.43 Å². The molecular formula is C11H15F2NO. The average molecular weight is 215 g/mol. The number of halogens is 2. The molecule has 0 bridgehead atoms. The number of hydrogen-bond donors (Lipinski definition) is 1. The summed E-state index contributed by atoms with van der Waals surface area (Å²) in [6, 6.07) is 7.00. The largest absolute Gasteiger partial charge is 0.497 e. The molecule has 0 fully saturated rings. The highest BCUT2D eigenvalue weighted by Crippen LogP contribution is 2.21. The summed E-state index contributed by atoms with van der Waals surface area (Å²) in [5.74, 6) is 0.651. The first-order valence-corrected chi connectivity index (χ1v) is 4.65. The molecule has 1 rings (SSSR count). The Balaban J connectivity index is 2.80. The van der Waals surface area contributed by atoms with E-state index < -0.39 is 12.0 Å². The number of hydrogen-bond acceptors (Lipinski definition) is 2. The Labute approximate surface area is 88.0 Å². The van der Waals surface area contributed by atoms with Gasteiger partial charge in [-0.15, -0.1) is 0 Å². The number of rotatable bonds is 4. The molecule has 1 unspecified atom stereocenters. The zero-order chi connectivity index (χ0) is 11.5. The van der Waals surface area contributed by atoms with Crippen molar-refractivity contribution in [2.75, 3.05) is 7.11 Å². The lowest BCUT2D eigenvalue weighted by Crippen LogP contribution is -2.45. The van der Waals surface area contributed by atoms with Crippen LogP contribution in [0, 0.1) is 0 Å². The summed E-state index contributed by atoms with van der Waals surface area (Å²) >= 11 is 0. The van der Waals surface area contributed by atoms with Gasteiger partial charge in [-0.25, -0.2) is 8.78 Å². The molecule has 0 radical (unpaired) electrons. The Morgan fingerprint density at radius 1 is 1.47 bits per heavy atom. The molecule has 0 aromatic heterocycles. The first-order chi connectivity index (χ1) is 6.95. The maximum atomic E-state index is 12.5. The van der Waals surface area contributed by atoms with E-state index in [0.717, 1.165) is 5.56 Å². The number of benzene rings is 1. The number of methoxy groups -OCH3 is 1. The molecular weight excluding hydrogens is 200 g/mol. The third-order valence-electron chi connectivity index (χ3n) is 2.22. The first-order valence-electron chi connectivity index (χ1n) is 4.65. The highest BCUT2D eigenvalue weighted by Gasteiger charge is 2.30. The summed E-state index contributed by atoms with van der Waals surface area (Å²) in [4.78, 5) is 0. The van der Waals surface area contributed by atoms with Crippen LogP contribution in [0.2, 0.25) is 0 Å². The molecule has 0 aliphatic heterocycles. The van der Waals surface area contributed by atoms with Crippen molar-refractivity contribution in [3.8, 4) is 5.75 Å². The Morgan fingerprint density at radius 2 is 2.13 bits per heavy atom. The summed E-state index contributed by atoms with van der Waals surface area (Å²) in [5, 5.41) is 0. The number of ether oxygens (including phenoxy) is 1. The minimum Gasteiger partial charge on any atom is -0.497 e. The smallest absolute Gasteiger partial charge is 0.256 e. The van der Waals surface area contributed by atoms with E-state index in [9.17, 15) is 8.78 Å². The Kier molecular flexibility index (Phi) is 3.63. The highest BCUT2D eigenvalue weighted by molar-refractivity contribution is 5.29. The Morgan fingerprint density at radius 3 is 2.67 bits per heavy atom. The lowest BCUT2D eigenvalue weighted by molar-refractivity contribution is 0.0639. The molecule has 0 aliphatic carbocycles. The second kappa shape index (κ2) is 4.57. The second-order valence-electron chi connectivity index (χ2n) is 3.83. The predicted molar refractivity (Wildman–Crippen MR) is 55.3 cm³/mol. The molecule has 1 aromatic carbocycles. The number of alkyl halides is 2. The van der Waals surface area contributed by atoms with Gasteiger partial charge >= 0.3 is 0 Å². The van der Waals surface area contributed by atoms with Gasteiger partial charge in [0.05, 0.1) is 12.6 Å². The van der Waals surface area contributed by atoms with Gasteiger partial charge in [-0.1, -0.05) is 12.1 Å². The lowest BCUT2D eigenvalue weighted by Gasteiger charge is -2.23. The minimum absolute atomic E-state index is 0.127. The summed E-state index contributed by atoms with van der Waals surface area (Å²) in [6.45, 7) is 1.34. The fourth-order valence-electron chi connectivity index (χ4n) is 1.30. The quantitative estimate of drug-likeness (QED) is 0.835. The van der Waals surface area contributed by atoms with Crippen molar-refractivity contribution in [3.05, 3.63) is 29.8 Å². The van der Waals surface area contributed by atoms with E-state index in [1.807, 2.05) is 0 Å². The van der Waals surface area contributed by atoms with E-state index in [-0.39, 0.29) is 6.42 Å². The van der Waals surface area contributed by atoms with Gasteiger partial charge in [0.2, 0.25) is 0 Å². The molecule has 15 heavy (non-hydrogen) atoms. The van der Waals surface area contributed by atoms with Crippen LogP contribution in [0.4, 0.5) is 8.78 Å². The predicted octanol–water partition coefficient (Wildman–Crippen LogP) is 2.22. The van der Waals surface area contributed by atoms with Crippen LogP contribution in [0.15, 0.2) is 24.3 Å². The van der Waals surface area contributed by atoms with Crippen LogP contribution in [-0.2, 0) is 6.42 Å². The van der Waals surface area contributed by atoms with Crippen LogP contribution in [0.1, 0.15) is 12.5 Å². The molecule has 0 saturated carbocycles. The van der Waals surface area contributed by atoms with Crippen LogP contribution in [0.3, 0.4) is 0 Å². The molecule has 0 spiro atoms. The van der Waals surface area contributed by atoms with Gasteiger partial charge < -0.3 is 10.5 Å². The molecule has 1 aromatic rings. The molecule has 0 amide bonds. The third kappa shape index (κ3) is 3.16. The molecule has 0 heterocycles. The van der Waals surface area contributed by atoms with Crippen molar-refractivity contribution in [2.24, 2.45) is 5.73 Å². The van der Waals surface area contributed by atoms with Crippen LogP contribution in [-0.4, -0.2) is 19.1 Å². The number of nitrogens with two attached hydrogens (primary N) is 1. The minimum atomic E-state index is -2.54. The fourth-order valence-corrected chi connectivity index (χ4v) is 1.30. The van der Waals surface area contributed by atoms with Crippen molar-refractivity contribution < 1.29 is 13.5 Å². The summed E-state index contributed by atoms with van der Waals surface area (Å²) < 4.78 is 30.1. The second-order valence-corrected chi connectivity index (χ2v) is 3.83. The maximum Gasteiger partial charge on any atom is 0.256 e. The lowest BCUT2D eigenvalue weighted by atomic mass is 9.94. The van der Waals surface area contributed by atoms with E-state index in [1.54, 1.807) is 24.3 Å². The third-order valence-corrected chi connectivity index (χ3v) is 2.22. The average Bonchev–Trinajstić information content (AvgIpc) is 2.17. The van der Waals surface area contributed by atoms with Crippen molar-refractivity contribution in [2.45, 2.75) is 25.3 Å². The Hall–Kier alpha value is -1.16. The molecule has 2 nitrogen and oxygen atoms in total. The zero-order valence-electron chi connectivity index (χ0n) is 8.84. The Bertz CT molecular complexity index is 326. The van der Waals surface area contributed by atoms with Crippen molar-refractivity contribution in [3.63, 3.8) is 0 Å². The van der Waals surface area contributed by atoms with Crippen LogP contribution >= 0.6 is 0 Å². The maximum absolute atomic E-state index is 12.5. The van der Waals surface area contributed by atoms with Gasteiger partial charge in [0.15, 0.2) is 0 Å². The van der Waals surface area contributed by atoms with Crippen molar-refractivity contribution in [1.29, 1.82) is 0 Å². The highest BCUT2D eigenvalue weighted by atomic mass is 19.3. The van der Waals surface area contributed by atoms with E-state index >= 15 is 0 Å². The van der Waals surface area contributed by atoms with Gasteiger partial charge in [-0.3, -0.25) is 0 Å². The van der Waals surface area contributed by atoms with Gasteiger partial charge in [0.1, 0.15) is 5.75 Å². The topological polar surface area (TPSA) is 35.2 Å². The summed E-state index contributed by atoms with van der Waals surface area (Å²) in [6.07, 6.45) is -2.41. The van der Waals surface area contributed by atoms with Crippen molar-refractivity contribution in [1.82, 2.24) is 0 Å². The first kappa shape index (κ1) is 11.9. The molecule has 4 heteroatoms. The molecule has 1 atom stereocenters. The molecule has 2 N–H and O–H groups in total. The van der Waals surface area contributed by atoms with E-state index in [2.05, 4.69) is 0 Å². The molecule has 84 valence electrons. The van der Waals surface area contributed by atoms with Gasteiger partial charge in [0, 0.05) is 0 Å².